The first kappa shape index (κ1) is 20.4. The molecular weight excluding hydrogens is 395 g/mol. The Morgan fingerprint density at radius 3 is 1.97 bits per heavy atom. The Morgan fingerprint density at radius 2 is 1.29 bits per heavy atom. The van der Waals surface area contributed by atoms with Gasteiger partial charge in [0.25, 0.3) is 0 Å². The van der Waals surface area contributed by atoms with E-state index in [0.29, 0.717) is 37.6 Å². The summed E-state index contributed by atoms with van der Waals surface area (Å²) in [5.41, 5.74) is 2.90. The van der Waals surface area contributed by atoms with Gasteiger partial charge in [0.1, 0.15) is 5.82 Å². The third-order valence-electron chi connectivity index (χ3n) is 5.16. The lowest BCUT2D eigenvalue weighted by molar-refractivity contribution is -0.143. The van der Waals surface area contributed by atoms with E-state index in [2.05, 4.69) is 10.6 Å². The number of para-hydroxylation sites is 2. The second-order valence-electron chi connectivity index (χ2n) is 7.25. The standard InChI is InChI=1S/C24H23FN4O2/c25-21-8-4-5-9-22(21)28-14-16-29(17-15-28)24(31)23(30)27-20-12-10-19(11-13-20)26-18-6-2-1-3-7-18/h1-13,26H,14-17H2,(H,27,30). The Balaban J connectivity index is 1.30. The molecule has 2 amide bonds. The Morgan fingerprint density at radius 1 is 0.710 bits per heavy atom. The largest absolute Gasteiger partial charge is 0.366 e. The second-order valence-corrected chi connectivity index (χ2v) is 7.25. The van der Waals surface area contributed by atoms with Crippen molar-refractivity contribution < 1.29 is 14.0 Å². The first-order chi connectivity index (χ1) is 15.1. The maximum Gasteiger partial charge on any atom is 0.313 e. The van der Waals surface area contributed by atoms with Crippen molar-refractivity contribution in [1.29, 1.82) is 0 Å². The van der Waals surface area contributed by atoms with Gasteiger partial charge in [-0.25, -0.2) is 4.39 Å². The number of anilines is 4. The van der Waals surface area contributed by atoms with Gasteiger partial charge in [0.05, 0.1) is 5.69 Å². The maximum atomic E-state index is 14.0. The molecule has 3 aromatic rings. The van der Waals surface area contributed by atoms with Gasteiger partial charge in [-0.05, 0) is 48.5 Å². The molecule has 4 rings (SSSR count). The van der Waals surface area contributed by atoms with Crippen molar-refractivity contribution in [1.82, 2.24) is 4.90 Å². The molecule has 31 heavy (non-hydrogen) atoms. The molecule has 0 spiro atoms. The van der Waals surface area contributed by atoms with E-state index in [1.54, 1.807) is 30.3 Å². The van der Waals surface area contributed by atoms with Crippen LogP contribution in [0.2, 0.25) is 0 Å². The smallest absolute Gasteiger partial charge is 0.313 e. The van der Waals surface area contributed by atoms with Crippen molar-refractivity contribution in [2.24, 2.45) is 0 Å². The lowest BCUT2D eigenvalue weighted by Crippen LogP contribution is -2.51. The summed E-state index contributed by atoms with van der Waals surface area (Å²) in [7, 11) is 0. The van der Waals surface area contributed by atoms with E-state index in [4.69, 9.17) is 0 Å². The van der Waals surface area contributed by atoms with Crippen LogP contribution in [-0.4, -0.2) is 42.9 Å². The van der Waals surface area contributed by atoms with Crippen LogP contribution >= 0.6 is 0 Å². The van der Waals surface area contributed by atoms with E-state index in [1.807, 2.05) is 47.4 Å². The average Bonchev–Trinajstić information content (AvgIpc) is 2.81. The SMILES string of the molecule is O=C(Nc1ccc(Nc2ccccc2)cc1)C(=O)N1CCN(c2ccccc2F)CC1. The van der Waals surface area contributed by atoms with Crippen LogP contribution in [0.15, 0.2) is 78.9 Å². The highest BCUT2D eigenvalue weighted by atomic mass is 19.1. The Kier molecular flexibility index (Phi) is 6.12. The number of benzene rings is 3. The fourth-order valence-corrected chi connectivity index (χ4v) is 3.51. The summed E-state index contributed by atoms with van der Waals surface area (Å²) < 4.78 is 14.0. The van der Waals surface area contributed by atoms with Crippen LogP contribution < -0.4 is 15.5 Å². The van der Waals surface area contributed by atoms with Gasteiger partial charge in [0, 0.05) is 43.2 Å². The molecule has 0 unspecified atom stereocenters. The Labute approximate surface area is 180 Å². The minimum atomic E-state index is -0.678. The summed E-state index contributed by atoms with van der Waals surface area (Å²) in [5.74, 6) is -1.55. The molecule has 3 aromatic carbocycles. The first-order valence-electron chi connectivity index (χ1n) is 10.1. The molecule has 1 heterocycles. The topological polar surface area (TPSA) is 64.7 Å². The minimum absolute atomic E-state index is 0.287. The van der Waals surface area contributed by atoms with Crippen LogP contribution in [0.3, 0.4) is 0 Å². The van der Waals surface area contributed by atoms with Gasteiger partial charge < -0.3 is 20.4 Å². The molecule has 0 aromatic heterocycles. The zero-order valence-corrected chi connectivity index (χ0v) is 16.9. The predicted octanol–water partition coefficient (Wildman–Crippen LogP) is 3.86. The molecule has 1 saturated heterocycles. The summed E-state index contributed by atoms with van der Waals surface area (Å²) in [6.45, 7) is 1.67. The van der Waals surface area contributed by atoms with Crippen LogP contribution in [-0.2, 0) is 9.59 Å². The van der Waals surface area contributed by atoms with Crippen molar-refractivity contribution in [3.05, 3.63) is 84.7 Å². The highest BCUT2D eigenvalue weighted by Gasteiger charge is 2.27. The normalized spacial score (nSPS) is 13.6. The van der Waals surface area contributed by atoms with Gasteiger partial charge in [-0.3, -0.25) is 9.59 Å². The number of piperazine rings is 1. The molecule has 6 nitrogen and oxygen atoms in total. The van der Waals surface area contributed by atoms with Crippen molar-refractivity contribution in [3.8, 4) is 0 Å². The van der Waals surface area contributed by atoms with Gasteiger partial charge in [-0.2, -0.15) is 0 Å². The van der Waals surface area contributed by atoms with Crippen LogP contribution in [0.1, 0.15) is 0 Å². The second kappa shape index (κ2) is 9.30. The van der Waals surface area contributed by atoms with E-state index in [9.17, 15) is 14.0 Å². The zero-order chi connectivity index (χ0) is 21.6. The van der Waals surface area contributed by atoms with E-state index >= 15 is 0 Å². The van der Waals surface area contributed by atoms with Crippen LogP contribution in [0.4, 0.5) is 27.1 Å². The van der Waals surface area contributed by atoms with E-state index in [0.717, 1.165) is 11.4 Å². The third kappa shape index (κ3) is 5.01. The van der Waals surface area contributed by atoms with Gasteiger partial charge >= 0.3 is 11.8 Å². The fraction of sp³-hybridized carbons (Fsp3) is 0.167. The molecule has 1 fully saturated rings. The van der Waals surface area contributed by atoms with Gasteiger partial charge in [-0.15, -0.1) is 0 Å². The first-order valence-corrected chi connectivity index (χ1v) is 10.1. The predicted molar refractivity (Wildman–Crippen MR) is 120 cm³/mol. The summed E-state index contributed by atoms with van der Waals surface area (Å²) in [4.78, 5) is 28.3. The maximum absolute atomic E-state index is 14.0. The van der Waals surface area contributed by atoms with Gasteiger partial charge in [0.15, 0.2) is 0 Å². The quantitative estimate of drug-likeness (QED) is 0.632. The van der Waals surface area contributed by atoms with Crippen molar-refractivity contribution in [3.63, 3.8) is 0 Å². The molecule has 0 radical (unpaired) electrons. The van der Waals surface area contributed by atoms with E-state index in [-0.39, 0.29) is 5.82 Å². The fourth-order valence-electron chi connectivity index (χ4n) is 3.51. The number of rotatable bonds is 4. The minimum Gasteiger partial charge on any atom is -0.366 e. The highest BCUT2D eigenvalue weighted by Crippen LogP contribution is 2.21. The van der Waals surface area contributed by atoms with Crippen LogP contribution in [0.25, 0.3) is 0 Å². The molecule has 0 aliphatic carbocycles. The molecule has 2 N–H and O–H groups in total. The number of nitrogens with one attached hydrogen (secondary N) is 2. The average molecular weight is 418 g/mol. The van der Waals surface area contributed by atoms with Crippen molar-refractivity contribution in [2.45, 2.75) is 0 Å². The number of carbonyl (C=O) groups excluding carboxylic acids is 2. The molecule has 0 saturated carbocycles. The molecule has 0 atom stereocenters. The Bertz CT molecular complexity index is 1050. The summed E-state index contributed by atoms with van der Waals surface area (Å²) in [6, 6.07) is 23.5. The number of hydrogen-bond acceptors (Lipinski definition) is 4. The molecule has 158 valence electrons. The van der Waals surface area contributed by atoms with Gasteiger partial charge in [0.2, 0.25) is 0 Å². The molecule has 1 aliphatic rings. The monoisotopic (exact) mass is 418 g/mol. The number of amides is 2. The molecule has 0 bridgehead atoms. The lowest BCUT2D eigenvalue weighted by atomic mass is 10.2. The summed E-state index contributed by atoms with van der Waals surface area (Å²) in [5, 5.41) is 5.91. The van der Waals surface area contributed by atoms with Gasteiger partial charge in [-0.1, -0.05) is 30.3 Å². The summed E-state index contributed by atoms with van der Waals surface area (Å²) in [6.07, 6.45) is 0. The highest BCUT2D eigenvalue weighted by molar-refractivity contribution is 6.39. The molecular formula is C24H23FN4O2. The number of carbonyl (C=O) groups is 2. The Hall–Kier alpha value is -3.87. The zero-order valence-electron chi connectivity index (χ0n) is 16.9. The molecule has 1 aliphatic heterocycles. The molecule has 7 heteroatoms. The third-order valence-corrected chi connectivity index (χ3v) is 5.16. The van der Waals surface area contributed by atoms with Crippen LogP contribution in [0.5, 0.6) is 0 Å². The lowest BCUT2D eigenvalue weighted by Gasteiger charge is -2.35. The van der Waals surface area contributed by atoms with Crippen LogP contribution in [0, 0.1) is 5.82 Å². The number of nitrogens with zero attached hydrogens (tertiary/aromatic N) is 2. The summed E-state index contributed by atoms with van der Waals surface area (Å²) >= 11 is 0. The van der Waals surface area contributed by atoms with E-state index < -0.39 is 11.8 Å². The number of hydrogen-bond donors (Lipinski definition) is 2. The van der Waals surface area contributed by atoms with Crippen molar-refractivity contribution in [2.75, 3.05) is 41.7 Å². The van der Waals surface area contributed by atoms with E-state index in [1.165, 1.54) is 11.0 Å². The van der Waals surface area contributed by atoms with Crippen molar-refractivity contribution >= 4 is 34.6 Å². The number of halogens is 1.